The van der Waals surface area contributed by atoms with E-state index < -0.39 is 0 Å². The number of hydrogen-bond acceptors (Lipinski definition) is 3. The first-order chi connectivity index (χ1) is 32.9. The molecule has 67 heavy (non-hydrogen) atoms. The van der Waals surface area contributed by atoms with Crippen molar-refractivity contribution in [3.63, 3.8) is 0 Å². The molecule has 0 spiro atoms. The van der Waals surface area contributed by atoms with Gasteiger partial charge in [0.1, 0.15) is 0 Å². The monoisotopic (exact) mass is 873 g/mol. The minimum absolute atomic E-state index is 0.0376. The van der Waals surface area contributed by atoms with E-state index in [0.717, 1.165) is 17.1 Å². The Bertz CT molecular complexity index is 3940. The molecular weight excluding hydrogens is 830 g/mol. The second-order valence-corrected chi connectivity index (χ2v) is 20.4. The molecule has 0 atom stereocenters. The lowest BCUT2D eigenvalue weighted by Crippen LogP contribution is -2.56. The van der Waals surface area contributed by atoms with Gasteiger partial charge >= 0.3 is 6.85 Å². The SMILES string of the molecule is CC(C)(C)c1ccc(N2c3ccc(N(c4ccccc4)c4ccccc4)cc3B3c4c2cc2sc5ccccc5c2c4-c2cccc4c5cc6ccccc6cc5n3c24)c(-c2ccccc2)c1. The average Bonchev–Trinajstić information content (AvgIpc) is 3.90. The predicted octanol–water partition coefficient (Wildman–Crippen LogP) is 16.2. The van der Waals surface area contributed by atoms with Gasteiger partial charge in [0.05, 0.1) is 5.69 Å². The van der Waals surface area contributed by atoms with Gasteiger partial charge in [-0.3, -0.25) is 0 Å². The van der Waals surface area contributed by atoms with E-state index in [2.05, 4.69) is 247 Å². The van der Waals surface area contributed by atoms with Gasteiger partial charge in [0, 0.05) is 81.5 Å². The van der Waals surface area contributed by atoms with Gasteiger partial charge in [0.2, 0.25) is 0 Å². The van der Waals surface area contributed by atoms with Gasteiger partial charge < -0.3 is 14.3 Å². The third-order valence-electron chi connectivity index (χ3n) is 14.4. The van der Waals surface area contributed by atoms with E-state index in [1.54, 1.807) is 0 Å². The number of aromatic nitrogens is 1. The summed E-state index contributed by atoms with van der Waals surface area (Å²) < 4.78 is 5.33. The summed E-state index contributed by atoms with van der Waals surface area (Å²) in [5, 5.41) is 7.75. The molecule has 2 aliphatic rings. The van der Waals surface area contributed by atoms with Crippen LogP contribution >= 0.6 is 11.3 Å². The third kappa shape index (κ3) is 5.65. The summed E-state index contributed by atoms with van der Waals surface area (Å²) in [7, 11) is 0. The zero-order chi connectivity index (χ0) is 44.5. The summed E-state index contributed by atoms with van der Waals surface area (Å²) >= 11 is 1.91. The Hall–Kier alpha value is -7.86. The van der Waals surface area contributed by atoms with Crippen LogP contribution in [0.3, 0.4) is 0 Å². The van der Waals surface area contributed by atoms with Crippen LogP contribution in [-0.4, -0.2) is 11.3 Å². The Kier molecular flexibility index (Phi) is 8.21. The van der Waals surface area contributed by atoms with Crippen LogP contribution in [0.1, 0.15) is 26.3 Å². The fourth-order valence-electron chi connectivity index (χ4n) is 11.4. The number of rotatable bonds is 5. The van der Waals surface area contributed by atoms with Crippen LogP contribution in [0.4, 0.5) is 34.1 Å². The fourth-order valence-corrected chi connectivity index (χ4v) is 12.6. The van der Waals surface area contributed by atoms with Crippen LogP contribution in [0.5, 0.6) is 0 Å². The molecule has 4 heterocycles. The van der Waals surface area contributed by atoms with E-state index in [0.29, 0.717) is 0 Å². The van der Waals surface area contributed by atoms with Crippen molar-refractivity contribution in [3.05, 3.63) is 218 Å². The first-order valence-corrected chi connectivity index (χ1v) is 24.2. The van der Waals surface area contributed by atoms with E-state index in [1.165, 1.54) is 109 Å². The van der Waals surface area contributed by atoms with Crippen LogP contribution in [0.15, 0.2) is 212 Å². The molecule has 2 aromatic heterocycles. The number of benzene rings is 10. The topological polar surface area (TPSA) is 11.4 Å². The lowest BCUT2D eigenvalue weighted by atomic mass is 9.44. The molecule has 0 radical (unpaired) electrons. The molecule has 3 nitrogen and oxygen atoms in total. The van der Waals surface area contributed by atoms with Crippen molar-refractivity contribution in [2.75, 3.05) is 9.80 Å². The number of fused-ring (bicyclic) bond motifs is 12. The Morgan fingerprint density at radius 3 is 1.88 bits per heavy atom. The van der Waals surface area contributed by atoms with Crippen molar-refractivity contribution in [1.82, 2.24) is 4.48 Å². The van der Waals surface area contributed by atoms with Crippen molar-refractivity contribution in [2.45, 2.75) is 26.2 Å². The first kappa shape index (κ1) is 38.4. The van der Waals surface area contributed by atoms with Gasteiger partial charge in [0.25, 0.3) is 0 Å². The van der Waals surface area contributed by atoms with Gasteiger partial charge in [-0.2, -0.15) is 0 Å². The van der Waals surface area contributed by atoms with Crippen LogP contribution in [0.25, 0.3) is 75.0 Å². The highest BCUT2D eigenvalue weighted by Gasteiger charge is 2.45. The highest BCUT2D eigenvalue weighted by molar-refractivity contribution is 7.26. The predicted molar refractivity (Wildman–Crippen MR) is 289 cm³/mol. The molecule has 12 aromatic rings. The van der Waals surface area contributed by atoms with Crippen LogP contribution in [0.2, 0.25) is 0 Å². The van der Waals surface area contributed by atoms with Crippen molar-refractivity contribution in [1.29, 1.82) is 0 Å². The molecule has 0 N–H and O–H groups in total. The summed E-state index contributed by atoms with van der Waals surface area (Å²) in [6, 6.07) is 79.5. The third-order valence-corrected chi connectivity index (χ3v) is 15.6. The molecule has 5 heteroatoms. The maximum Gasteiger partial charge on any atom is 0.333 e. The van der Waals surface area contributed by atoms with Crippen molar-refractivity contribution < 1.29 is 0 Å². The number of anilines is 6. The maximum absolute atomic E-state index is 2.72. The number of thiophene rings is 1. The summed E-state index contributed by atoms with van der Waals surface area (Å²) in [6.07, 6.45) is 0. The summed E-state index contributed by atoms with van der Waals surface area (Å²) in [5.74, 6) is 0. The minimum atomic E-state index is -0.141. The van der Waals surface area contributed by atoms with Crippen LogP contribution in [0, 0.1) is 0 Å². The smallest absolute Gasteiger partial charge is 0.333 e. The molecule has 0 unspecified atom stereocenters. The van der Waals surface area contributed by atoms with Gasteiger partial charge in [-0.1, -0.05) is 154 Å². The number of nitrogens with zero attached hydrogens (tertiary/aromatic N) is 3. The number of para-hydroxylation sites is 3. The minimum Gasteiger partial charge on any atom is -0.375 e. The Balaban J connectivity index is 1.17. The zero-order valence-corrected chi connectivity index (χ0v) is 38.4. The number of hydrogen-bond donors (Lipinski definition) is 0. The quantitative estimate of drug-likeness (QED) is 0.160. The fraction of sp³-hybridized carbons (Fsp3) is 0.0645. The average molecular weight is 874 g/mol. The Labute approximate surface area is 394 Å². The highest BCUT2D eigenvalue weighted by atomic mass is 32.1. The normalized spacial score (nSPS) is 12.9. The largest absolute Gasteiger partial charge is 0.375 e. The molecule has 10 aromatic carbocycles. The molecule has 0 bridgehead atoms. The van der Waals surface area contributed by atoms with Gasteiger partial charge in [-0.05, 0) is 123 Å². The van der Waals surface area contributed by atoms with Crippen molar-refractivity contribution in [2.24, 2.45) is 0 Å². The van der Waals surface area contributed by atoms with Crippen LogP contribution < -0.4 is 20.7 Å². The lowest BCUT2D eigenvalue weighted by molar-refractivity contribution is 0.590. The second-order valence-electron chi connectivity index (χ2n) is 19.3. The van der Waals surface area contributed by atoms with Gasteiger partial charge in [0.15, 0.2) is 0 Å². The molecule has 0 saturated heterocycles. The van der Waals surface area contributed by atoms with E-state index in [4.69, 9.17) is 0 Å². The van der Waals surface area contributed by atoms with E-state index in [1.807, 2.05) is 11.3 Å². The molecule has 0 aliphatic carbocycles. The van der Waals surface area contributed by atoms with E-state index in [9.17, 15) is 0 Å². The lowest BCUT2D eigenvalue weighted by Gasteiger charge is -2.42. The molecule has 0 fully saturated rings. The van der Waals surface area contributed by atoms with Crippen molar-refractivity contribution >= 4 is 116 Å². The van der Waals surface area contributed by atoms with Gasteiger partial charge in [-0.15, -0.1) is 11.3 Å². The standard InChI is InChI=1S/C62H44BN3S/c1-62(2,3)42-30-32-52(49(36-42)39-18-7-4-8-19-39)65-53-33-31-45(64(43-22-9-5-10-23-43)44-24-11-6-12-25-44)37-51(53)63-60-55(65)38-57-58(47-26-15-16-29-56(47)67-57)59(60)48-28-17-27-46-50-34-40-20-13-14-21-41(40)35-54(50)66(63)61(46)48/h4-38H,1-3H3. The van der Waals surface area contributed by atoms with Gasteiger partial charge in [-0.25, -0.2) is 0 Å². The Morgan fingerprint density at radius 1 is 0.478 bits per heavy atom. The van der Waals surface area contributed by atoms with E-state index in [-0.39, 0.29) is 12.3 Å². The summed E-state index contributed by atoms with van der Waals surface area (Å²) in [4.78, 5) is 5.03. The van der Waals surface area contributed by atoms with E-state index >= 15 is 0 Å². The molecular formula is C62H44BN3S. The van der Waals surface area contributed by atoms with Crippen LogP contribution in [-0.2, 0) is 5.41 Å². The second kappa shape index (κ2) is 14.3. The summed E-state index contributed by atoms with van der Waals surface area (Å²) in [5.41, 5.74) is 18.4. The molecule has 0 saturated carbocycles. The zero-order valence-electron chi connectivity index (χ0n) is 37.5. The molecule has 316 valence electrons. The molecule has 2 aliphatic heterocycles. The molecule has 14 rings (SSSR count). The highest BCUT2D eigenvalue weighted by Crippen LogP contribution is 2.53. The first-order valence-electron chi connectivity index (χ1n) is 23.4. The summed E-state index contributed by atoms with van der Waals surface area (Å²) in [6.45, 7) is 6.81. The van der Waals surface area contributed by atoms with Crippen molar-refractivity contribution in [3.8, 4) is 22.3 Å². The molecule has 0 amide bonds. The Morgan fingerprint density at radius 2 is 1.13 bits per heavy atom. The maximum atomic E-state index is 2.72.